The van der Waals surface area contributed by atoms with Gasteiger partial charge in [-0.1, -0.05) is 35.9 Å². The molecule has 2 unspecified atom stereocenters. The van der Waals surface area contributed by atoms with Gasteiger partial charge in [0.2, 0.25) is 15.9 Å². The van der Waals surface area contributed by atoms with E-state index in [1.807, 2.05) is 24.3 Å². The fraction of sp³-hybridized carbons (Fsp3) is 0.364. The molecule has 8 heteroatoms. The number of carbonyl (C=O) groups excluding carboxylic acids is 2. The molecule has 0 N–H and O–H groups in total. The minimum atomic E-state index is -3.65. The monoisotopic (exact) mass is 446 g/mol. The van der Waals surface area contributed by atoms with Crippen LogP contribution in [0, 0.1) is 5.92 Å². The summed E-state index contributed by atoms with van der Waals surface area (Å²) in [6.45, 7) is 2.72. The minimum absolute atomic E-state index is 0.0502. The smallest absolute Gasteiger partial charge is 0.243 e. The molecule has 0 aromatic heterocycles. The number of piperazine rings is 1. The number of rotatable bonds is 5. The topological polar surface area (TPSA) is 74.8 Å². The van der Waals surface area contributed by atoms with E-state index in [1.54, 1.807) is 4.90 Å². The molecule has 0 spiro atoms. The Labute approximate surface area is 181 Å². The van der Waals surface area contributed by atoms with E-state index < -0.39 is 10.0 Å². The zero-order chi connectivity index (χ0) is 21.5. The molecule has 158 valence electrons. The largest absolute Gasteiger partial charge is 0.340 e. The lowest BCUT2D eigenvalue weighted by Gasteiger charge is -2.34. The number of ketones is 1. The Morgan fingerprint density at radius 3 is 2.27 bits per heavy atom. The van der Waals surface area contributed by atoms with Gasteiger partial charge in [-0.3, -0.25) is 9.59 Å². The van der Waals surface area contributed by atoms with Crippen LogP contribution in [0.5, 0.6) is 0 Å². The molecule has 4 rings (SSSR count). The Hall–Kier alpha value is -2.22. The predicted octanol–water partition coefficient (Wildman–Crippen LogP) is 3.18. The average molecular weight is 447 g/mol. The molecule has 2 aromatic rings. The summed E-state index contributed by atoms with van der Waals surface area (Å²) in [7, 11) is -3.65. The van der Waals surface area contributed by atoms with Gasteiger partial charge in [0.05, 0.1) is 4.90 Å². The highest BCUT2D eigenvalue weighted by molar-refractivity contribution is 7.89. The molecular weight excluding hydrogens is 424 g/mol. The fourth-order valence-electron chi connectivity index (χ4n) is 3.97. The van der Waals surface area contributed by atoms with Gasteiger partial charge in [0, 0.05) is 42.7 Å². The average Bonchev–Trinajstić information content (AvgIpc) is 3.54. The third-order valence-electron chi connectivity index (χ3n) is 5.83. The van der Waals surface area contributed by atoms with Crippen molar-refractivity contribution < 1.29 is 18.0 Å². The van der Waals surface area contributed by atoms with Gasteiger partial charge >= 0.3 is 0 Å². The zero-order valence-corrected chi connectivity index (χ0v) is 18.2. The molecule has 1 aliphatic heterocycles. The summed E-state index contributed by atoms with van der Waals surface area (Å²) in [5.74, 6) is 0.119. The lowest BCUT2D eigenvalue weighted by molar-refractivity contribution is -0.133. The van der Waals surface area contributed by atoms with Crippen molar-refractivity contribution in [3.8, 4) is 0 Å². The van der Waals surface area contributed by atoms with Crippen molar-refractivity contribution in [2.24, 2.45) is 5.92 Å². The molecule has 30 heavy (non-hydrogen) atoms. The molecule has 0 radical (unpaired) electrons. The number of halogens is 1. The van der Waals surface area contributed by atoms with Crippen molar-refractivity contribution >= 4 is 33.3 Å². The molecule has 2 fully saturated rings. The van der Waals surface area contributed by atoms with E-state index in [0.29, 0.717) is 23.7 Å². The first kappa shape index (κ1) is 21.0. The number of amides is 1. The van der Waals surface area contributed by atoms with E-state index in [9.17, 15) is 18.0 Å². The number of hydrogen-bond donors (Lipinski definition) is 0. The summed E-state index contributed by atoms with van der Waals surface area (Å²) >= 11 is 6.05. The van der Waals surface area contributed by atoms with Crippen molar-refractivity contribution in [2.45, 2.75) is 24.2 Å². The van der Waals surface area contributed by atoms with Crippen LogP contribution in [0.25, 0.3) is 0 Å². The highest BCUT2D eigenvalue weighted by Crippen LogP contribution is 2.49. The summed E-state index contributed by atoms with van der Waals surface area (Å²) < 4.78 is 27.2. The van der Waals surface area contributed by atoms with Crippen LogP contribution < -0.4 is 0 Å². The second-order valence-electron chi connectivity index (χ2n) is 7.81. The molecule has 1 aliphatic carbocycles. The maximum atomic E-state index is 12.9. The number of carbonyl (C=O) groups is 2. The Morgan fingerprint density at radius 2 is 1.67 bits per heavy atom. The number of hydrogen-bond acceptors (Lipinski definition) is 4. The summed E-state index contributed by atoms with van der Waals surface area (Å²) in [4.78, 5) is 26.2. The summed E-state index contributed by atoms with van der Waals surface area (Å²) in [6.07, 6.45) is 0.806. The number of nitrogens with zero attached hydrogens (tertiary/aromatic N) is 2. The molecule has 2 aromatic carbocycles. The van der Waals surface area contributed by atoms with Crippen LogP contribution in [0.1, 0.15) is 35.2 Å². The third kappa shape index (κ3) is 4.15. The first-order chi connectivity index (χ1) is 14.3. The second kappa shape index (κ2) is 8.13. The second-order valence-corrected chi connectivity index (χ2v) is 10.2. The molecule has 1 heterocycles. The van der Waals surface area contributed by atoms with Crippen molar-refractivity contribution in [3.63, 3.8) is 0 Å². The van der Waals surface area contributed by atoms with E-state index in [0.717, 1.165) is 12.0 Å². The Bertz CT molecular complexity index is 1080. The first-order valence-corrected chi connectivity index (χ1v) is 11.7. The lowest BCUT2D eigenvalue weighted by Crippen LogP contribution is -2.51. The van der Waals surface area contributed by atoms with Gasteiger partial charge in [-0.05, 0) is 49.1 Å². The van der Waals surface area contributed by atoms with Crippen LogP contribution in [0.3, 0.4) is 0 Å². The van der Waals surface area contributed by atoms with Crippen LogP contribution >= 0.6 is 11.6 Å². The minimum Gasteiger partial charge on any atom is -0.340 e. The summed E-state index contributed by atoms with van der Waals surface area (Å²) in [5, 5.41) is 0.667. The van der Waals surface area contributed by atoms with Gasteiger partial charge in [-0.25, -0.2) is 8.42 Å². The van der Waals surface area contributed by atoms with Crippen LogP contribution in [0.4, 0.5) is 0 Å². The summed E-state index contributed by atoms with van der Waals surface area (Å²) in [6, 6.07) is 13.6. The van der Waals surface area contributed by atoms with Crippen LogP contribution in [0.15, 0.2) is 53.4 Å². The molecule has 0 bridgehead atoms. The van der Waals surface area contributed by atoms with Crippen molar-refractivity contribution in [1.82, 2.24) is 9.21 Å². The molecular formula is C22H23ClN2O4S. The van der Waals surface area contributed by atoms with Gasteiger partial charge in [0.1, 0.15) is 0 Å². The maximum Gasteiger partial charge on any atom is 0.243 e. The van der Waals surface area contributed by atoms with Gasteiger partial charge in [0.15, 0.2) is 5.78 Å². The van der Waals surface area contributed by atoms with Crippen LogP contribution in [-0.2, 0) is 14.8 Å². The Balaban J connectivity index is 1.36. The molecule has 1 saturated heterocycles. The van der Waals surface area contributed by atoms with Gasteiger partial charge in [-0.2, -0.15) is 4.31 Å². The van der Waals surface area contributed by atoms with E-state index in [2.05, 4.69) is 0 Å². The van der Waals surface area contributed by atoms with E-state index in [1.165, 1.54) is 35.5 Å². The highest BCUT2D eigenvalue weighted by Gasteiger charge is 2.46. The molecule has 1 saturated carbocycles. The summed E-state index contributed by atoms with van der Waals surface area (Å²) in [5.41, 5.74) is 1.55. The lowest BCUT2D eigenvalue weighted by atomic mass is 10.1. The molecule has 2 atom stereocenters. The number of sulfonamides is 1. The van der Waals surface area contributed by atoms with Gasteiger partial charge in [-0.15, -0.1) is 0 Å². The molecule has 6 nitrogen and oxygen atoms in total. The Morgan fingerprint density at radius 1 is 1.00 bits per heavy atom. The van der Waals surface area contributed by atoms with Crippen molar-refractivity contribution in [2.75, 3.05) is 26.2 Å². The van der Waals surface area contributed by atoms with Crippen LogP contribution in [0.2, 0.25) is 5.02 Å². The van der Waals surface area contributed by atoms with Crippen LogP contribution in [-0.4, -0.2) is 55.5 Å². The normalized spacial score (nSPS) is 22.0. The molecule has 2 aliphatic rings. The van der Waals surface area contributed by atoms with E-state index in [-0.39, 0.29) is 41.5 Å². The molecule has 1 amide bonds. The number of Topliss-reactive ketones (excluding diaryl/α,β-unsaturated/α-hetero) is 1. The quantitative estimate of drug-likeness (QED) is 0.661. The van der Waals surface area contributed by atoms with Gasteiger partial charge in [0.25, 0.3) is 0 Å². The van der Waals surface area contributed by atoms with Crippen molar-refractivity contribution in [3.05, 3.63) is 64.7 Å². The van der Waals surface area contributed by atoms with Gasteiger partial charge < -0.3 is 4.90 Å². The third-order valence-corrected chi connectivity index (χ3v) is 7.98. The van der Waals surface area contributed by atoms with E-state index >= 15 is 0 Å². The zero-order valence-electron chi connectivity index (χ0n) is 16.6. The Kier molecular flexibility index (Phi) is 5.70. The van der Waals surface area contributed by atoms with Crippen molar-refractivity contribution in [1.29, 1.82) is 0 Å². The standard InChI is InChI=1S/C22H23ClN2O4S/c1-15(26)16-5-7-19(8-6-16)30(28,29)25-11-9-24(10-12-25)22(27)21-14-20(21)17-3-2-4-18(23)13-17/h2-8,13,20-21H,9-12,14H2,1H3. The van der Waals surface area contributed by atoms with E-state index in [4.69, 9.17) is 11.6 Å². The highest BCUT2D eigenvalue weighted by atomic mass is 35.5. The number of benzene rings is 2. The first-order valence-electron chi connectivity index (χ1n) is 9.93. The fourth-order valence-corrected chi connectivity index (χ4v) is 5.59. The maximum absolute atomic E-state index is 12.9. The SMILES string of the molecule is CC(=O)c1ccc(S(=O)(=O)N2CCN(C(=O)C3CC3c3cccc(Cl)c3)CC2)cc1. The predicted molar refractivity (Wildman–Crippen MR) is 114 cm³/mol.